The van der Waals surface area contributed by atoms with Crippen molar-refractivity contribution < 1.29 is 0 Å². The van der Waals surface area contributed by atoms with Gasteiger partial charge < -0.3 is 5.73 Å². The molecule has 0 aromatic carbocycles. The third kappa shape index (κ3) is 1.11. The van der Waals surface area contributed by atoms with Gasteiger partial charge in [-0.05, 0) is 6.42 Å². The van der Waals surface area contributed by atoms with Crippen molar-refractivity contribution in [1.82, 2.24) is 5.01 Å². The molecule has 0 aliphatic carbocycles. The predicted molar refractivity (Wildman–Crippen MR) is 50.6 cm³/mol. The van der Waals surface area contributed by atoms with Crippen molar-refractivity contribution in [2.45, 2.75) is 19.4 Å². The van der Waals surface area contributed by atoms with Crippen molar-refractivity contribution in [3.63, 3.8) is 0 Å². The lowest BCUT2D eigenvalue weighted by Crippen LogP contribution is -2.44. The second kappa shape index (κ2) is 3.49. The van der Waals surface area contributed by atoms with E-state index < -0.39 is 11.5 Å². The molecular formula is C9H10N6. The van der Waals surface area contributed by atoms with E-state index in [1.165, 1.54) is 0 Å². The molecule has 0 aromatic heterocycles. The van der Waals surface area contributed by atoms with Gasteiger partial charge in [-0.25, -0.2) is 5.84 Å². The quantitative estimate of drug-likeness (QED) is 0.561. The summed E-state index contributed by atoms with van der Waals surface area (Å²) >= 11 is 0. The number of nitriles is 3. The summed E-state index contributed by atoms with van der Waals surface area (Å²) in [5.41, 5.74) is 3.99. The minimum atomic E-state index is -1.54. The lowest BCUT2D eigenvalue weighted by atomic mass is 9.78. The third-order valence-corrected chi connectivity index (χ3v) is 2.62. The molecule has 1 rings (SSSR count). The smallest absolute Gasteiger partial charge is 0.203 e. The Balaban J connectivity index is 3.44. The van der Waals surface area contributed by atoms with Crippen LogP contribution in [0, 0.1) is 39.4 Å². The Labute approximate surface area is 87.6 Å². The maximum Gasteiger partial charge on any atom is 0.203 e. The summed E-state index contributed by atoms with van der Waals surface area (Å²) in [5, 5.41) is 28.1. The highest BCUT2D eigenvalue weighted by Gasteiger charge is 2.52. The Kier molecular flexibility index (Phi) is 2.53. The molecule has 6 heteroatoms. The minimum absolute atomic E-state index is 0.00690. The van der Waals surface area contributed by atoms with Crippen LogP contribution in [0.2, 0.25) is 0 Å². The number of hydrogen-bond acceptors (Lipinski definition) is 6. The maximum atomic E-state index is 9.06. The van der Waals surface area contributed by atoms with Crippen LogP contribution in [0.1, 0.15) is 13.3 Å². The van der Waals surface area contributed by atoms with Gasteiger partial charge in [0.1, 0.15) is 17.5 Å². The molecule has 1 atom stereocenters. The van der Waals surface area contributed by atoms with Crippen LogP contribution in [0.4, 0.5) is 0 Å². The summed E-state index contributed by atoms with van der Waals surface area (Å²) in [6.45, 7) is 1.78. The highest BCUT2D eigenvalue weighted by Crippen LogP contribution is 2.41. The van der Waals surface area contributed by atoms with Crippen molar-refractivity contribution in [2.24, 2.45) is 17.0 Å². The molecule has 1 heterocycles. The molecule has 4 N–H and O–H groups in total. The van der Waals surface area contributed by atoms with Gasteiger partial charge in [0.2, 0.25) is 5.41 Å². The molecule has 1 aliphatic rings. The molecule has 0 radical (unpaired) electrons. The Morgan fingerprint density at radius 3 is 2.27 bits per heavy atom. The molecule has 0 aromatic rings. The summed E-state index contributed by atoms with van der Waals surface area (Å²) in [7, 11) is 0. The predicted octanol–water partition coefficient (Wildman–Crippen LogP) is -0.318. The highest BCUT2D eigenvalue weighted by molar-refractivity contribution is 5.50. The van der Waals surface area contributed by atoms with Gasteiger partial charge in [-0.2, -0.15) is 15.8 Å². The Morgan fingerprint density at radius 1 is 1.40 bits per heavy atom. The van der Waals surface area contributed by atoms with Gasteiger partial charge >= 0.3 is 0 Å². The standard InChI is InChI=1S/C9H10N6/c1-2-7-9(4-11,5-12)6(3-10)8(13)15(7)14/h7H,2,13-14H2,1H3. The topological polar surface area (TPSA) is 127 Å². The zero-order valence-electron chi connectivity index (χ0n) is 8.23. The van der Waals surface area contributed by atoms with Crippen LogP contribution < -0.4 is 11.6 Å². The van der Waals surface area contributed by atoms with Crippen LogP contribution in [0.15, 0.2) is 11.4 Å². The zero-order chi connectivity index (χ0) is 11.6. The van der Waals surface area contributed by atoms with Gasteiger partial charge in [-0.3, -0.25) is 5.01 Å². The number of hydrazine groups is 1. The number of rotatable bonds is 1. The summed E-state index contributed by atoms with van der Waals surface area (Å²) < 4.78 is 0. The average molecular weight is 202 g/mol. The van der Waals surface area contributed by atoms with Gasteiger partial charge in [-0.15, -0.1) is 0 Å². The summed E-state index contributed by atoms with van der Waals surface area (Å²) in [6.07, 6.45) is 0.462. The first-order valence-corrected chi connectivity index (χ1v) is 4.35. The van der Waals surface area contributed by atoms with Gasteiger partial charge in [0.25, 0.3) is 0 Å². The van der Waals surface area contributed by atoms with E-state index in [4.69, 9.17) is 27.4 Å². The van der Waals surface area contributed by atoms with Crippen molar-refractivity contribution in [3.05, 3.63) is 11.4 Å². The van der Waals surface area contributed by atoms with E-state index in [2.05, 4.69) is 0 Å². The first kappa shape index (κ1) is 10.8. The Bertz CT molecular complexity index is 415. The van der Waals surface area contributed by atoms with Crippen molar-refractivity contribution in [3.8, 4) is 18.2 Å². The second-order valence-electron chi connectivity index (χ2n) is 3.23. The molecule has 1 aliphatic heterocycles. The number of nitrogens with two attached hydrogens (primary N) is 2. The lowest BCUT2D eigenvalue weighted by molar-refractivity contribution is 0.227. The molecule has 15 heavy (non-hydrogen) atoms. The number of hydrogen-bond donors (Lipinski definition) is 2. The van der Waals surface area contributed by atoms with Crippen molar-refractivity contribution >= 4 is 0 Å². The molecule has 1 unspecified atom stereocenters. The normalized spacial score (nSPS) is 23.1. The fourth-order valence-electron chi connectivity index (χ4n) is 1.81. The molecule has 0 saturated heterocycles. The monoisotopic (exact) mass is 202 g/mol. The van der Waals surface area contributed by atoms with Gasteiger partial charge in [0, 0.05) is 0 Å². The van der Waals surface area contributed by atoms with Gasteiger partial charge in [0.15, 0.2) is 0 Å². The van der Waals surface area contributed by atoms with E-state index in [1.807, 2.05) is 12.1 Å². The van der Waals surface area contributed by atoms with Crippen LogP contribution in [0.3, 0.4) is 0 Å². The van der Waals surface area contributed by atoms with Crippen LogP contribution in [-0.2, 0) is 0 Å². The number of nitrogens with zero attached hydrogens (tertiary/aromatic N) is 4. The molecule has 6 nitrogen and oxygen atoms in total. The molecular weight excluding hydrogens is 192 g/mol. The molecule has 0 saturated carbocycles. The van der Waals surface area contributed by atoms with Crippen LogP contribution in [0.5, 0.6) is 0 Å². The van der Waals surface area contributed by atoms with E-state index in [1.54, 1.807) is 13.0 Å². The zero-order valence-corrected chi connectivity index (χ0v) is 8.23. The molecule has 0 fully saturated rings. The summed E-state index contributed by atoms with van der Waals surface area (Å²) in [5.74, 6) is 5.63. The Morgan fingerprint density at radius 2 is 1.93 bits per heavy atom. The minimum Gasteiger partial charge on any atom is -0.383 e. The van der Waals surface area contributed by atoms with E-state index in [9.17, 15) is 0 Å². The Hall–Kier alpha value is -2.23. The van der Waals surface area contributed by atoms with Crippen LogP contribution in [0.25, 0.3) is 0 Å². The fourth-order valence-corrected chi connectivity index (χ4v) is 1.81. The van der Waals surface area contributed by atoms with Crippen LogP contribution in [-0.4, -0.2) is 11.1 Å². The van der Waals surface area contributed by atoms with Crippen LogP contribution >= 0.6 is 0 Å². The highest BCUT2D eigenvalue weighted by atomic mass is 15.5. The molecule has 0 bridgehead atoms. The molecule has 0 spiro atoms. The van der Waals surface area contributed by atoms with E-state index in [0.29, 0.717) is 6.42 Å². The van der Waals surface area contributed by atoms with E-state index in [0.717, 1.165) is 5.01 Å². The fraction of sp³-hybridized carbons (Fsp3) is 0.444. The van der Waals surface area contributed by atoms with Gasteiger partial charge in [-0.1, -0.05) is 6.92 Å². The lowest BCUT2D eigenvalue weighted by Gasteiger charge is -2.26. The summed E-state index contributed by atoms with van der Waals surface area (Å²) in [4.78, 5) is 0. The SMILES string of the molecule is CCC1N(N)C(N)=C(C#N)C1(C#N)C#N. The first-order valence-electron chi connectivity index (χ1n) is 4.35. The molecule has 0 amide bonds. The third-order valence-electron chi connectivity index (χ3n) is 2.62. The maximum absolute atomic E-state index is 9.06. The van der Waals surface area contributed by atoms with Crippen molar-refractivity contribution in [1.29, 1.82) is 15.8 Å². The van der Waals surface area contributed by atoms with Gasteiger partial charge in [0.05, 0.1) is 18.2 Å². The second-order valence-corrected chi connectivity index (χ2v) is 3.23. The average Bonchev–Trinajstić information content (AvgIpc) is 2.47. The largest absolute Gasteiger partial charge is 0.383 e. The summed E-state index contributed by atoms with van der Waals surface area (Å²) in [6, 6.07) is 4.92. The van der Waals surface area contributed by atoms with Crippen molar-refractivity contribution in [2.75, 3.05) is 0 Å². The first-order chi connectivity index (χ1) is 7.08. The van der Waals surface area contributed by atoms with E-state index >= 15 is 0 Å². The molecule has 76 valence electrons. The van der Waals surface area contributed by atoms with E-state index in [-0.39, 0.29) is 11.4 Å².